The topological polar surface area (TPSA) is 81.2 Å². The molecule has 0 bridgehead atoms. The second kappa shape index (κ2) is 12.3. The Balaban J connectivity index is 0.00000676. The van der Waals surface area contributed by atoms with Crippen molar-refractivity contribution in [2.45, 2.75) is 32.4 Å². The van der Waals surface area contributed by atoms with Gasteiger partial charge in [0.2, 0.25) is 5.75 Å². The third-order valence-corrected chi connectivity index (χ3v) is 5.42. The maximum absolute atomic E-state index is 12.2. The molecule has 27 heavy (non-hydrogen) atoms. The van der Waals surface area contributed by atoms with E-state index in [0.717, 1.165) is 5.69 Å². The van der Waals surface area contributed by atoms with Gasteiger partial charge in [0.05, 0.1) is 27.9 Å². The zero-order valence-electron chi connectivity index (χ0n) is 17.2. The number of ether oxygens (including phenoxy) is 3. The highest BCUT2D eigenvalue weighted by atomic mass is 127. The highest BCUT2D eigenvalue weighted by Gasteiger charge is 2.18. The molecule has 0 saturated heterocycles. The Bertz CT molecular complexity index is 623. The van der Waals surface area contributed by atoms with Crippen molar-refractivity contribution in [3.05, 3.63) is 12.1 Å². The van der Waals surface area contributed by atoms with Crippen molar-refractivity contribution in [2.24, 2.45) is 4.99 Å². The molecule has 0 aromatic heterocycles. The molecule has 156 valence electrons. The molecule has 1 aromatic rings. The number of hydrogen-bond donors (Lipinski definition) is 2. The third kappa shape index (κ3) is 8.12. The van der Waals surface area contributed by atoms with Crippen molar-refractivity contribution in [1.29, 1.82) is 0 Å². The standard InChI is InChI=1S/C18H31N3O4S.HI/c1-8-19-17(20-9-10-26(22)18(2,3)4)21-13-11-14(23-5)16(25-7)15(12-13)24-6;/h11-12H,8-10H2,1-7H3,(H2,19,20,21);1H. The first-order valence-corrected chi connectivity index (χ1v) is 9.82. The fraction of sp³-hybridized carbons (Fsp3) is 0.611. The van der Waals surface area contributed by atoms with Gasteiger partial charge in [-0.15, -0.1) is 24.0 Å². The van der Waals surface area contributed by atoms with Crippen molar-refractivity contribution in [3.63, 3.8) is 0 Å². The lowest BCUT2D eigenvalue weighted by Crippen LogP contribution is -2.32. The van der Waals surface area contributed by atoms with Gasteiger partial charge in [0.15, 0.2) is 17.5 Å². The Kier molecular flexibility index (Phi) is 11.7. The van der Waals surface area contributed by atoms with Crippen molar-refractivity contribution in [2.75, 3.05) is 45.5 Å². The molecular weight excluding hydrogens is 481 g/mol. The van der Waals surface area contributed by atoms with Crippen LogP contribution in [0.3, 0.4) is 0 Å². The molecule has 2 N–H and O–H groups in total. The number of halogens is 1. The van der Waals surface area contributed by atoms with E-state index in [1.807, 2.05) is 39.8 Å². The lowest BCUT2D eigenvalue weighted by molar-refractivity contribution is 0.324. The average Bonchev–Trinajstić information content (AvgIpc) is 2.59. The van der Waals surface area contributed by atoms with Gasteiger partial charge in [0, 0.05) is 45.7 Å². The minimum atomic E-state index is -0.938. The Labute approximate surface area is 182 Å². The number of rotatable bonds is 8. The summed E-state index contributed by atoms with van der Waals surface area (Å²) in [6.07, 6.45) is 0. The van der Waals surface area contributed by atoms with E-state index in [1.165, 1.54) is 0 Å². The van der Waals surface area contributed by atoms with Crippen molar-refractivity contribution < 1.29 is 18.4 Å². The molecule has 1 atom stereocenters. The summed E-state index contributed by atoms with van der Waals surface area (Å²) in [4.78, 5) is 4.50. The monoisotopic (exact) mass is 513 g/mol. The van der Waals surface area contributed by atoms with Crippen molar-refractivity contribution in [1.82, 2.24) is 5.32 Å². The lowest BCUT2D eigenvalue weighted by atomic mass is 10.2. The number of methoxy groups -OCH3 is 3. The number of hydrogen-bond acceptors (Lipinski definition) is 5. The summed E-state index contributed by atoms with van der Waals surface area (Å²) in [6.45, 7) is 9.05. The maximum atomic E-state index is 12.2. The molecule has 0 heterocycles. The van der Waals surface area contributed by atoms with Gasteiger partial charge < -0.3 is 24.8 Å². The minimum Gasteiger partial charge on any atom is -0.493 e. The summed E-state index contributed by atoms with van der Waals surface area (Å²) in [6, 6.07) is 3.61. The summed E-state index contributed by atoms with van der Waals surface area (Å²) >= 11 is 0. The largest absolute Gasteiger partial charge is 0.493 e. The molecule has 9 heteroatoms. The van der Waals surface area contributed by atoms with Crippen LogP contribution in [0.25, 0.3) is 0 Å². The molecule has 1 rings (SSSR count). The van der Waals surface area contributed by atoms with E-state index in [9.17, 15) is 4.21 Å². The highest BCUT2D eigenvalue weighted by molar-refractivity contribution is 14.0. The fourth-order valence-electron chi connectivity index (χ4n) is 2.14. The maximum Gasteiger partial charge on any atom is 0.203 e. The SMILES string of the molecule is CCNC(=NCCS(=O)C(C)(C)C)Nc1cc(OC)c(OC)c(OC)c1.I. The molecule has 0 spiro atoms. The molecule has 1 unspecified atom stereocenters. The highest BCUT2D eigenvalue weighted by Crippen LogP contribution is 2.39. The van der Waals surface area contributed by atoms with Crippen molar-refractivity contribution >= 4 is 46.4 Å². The molecule has 0 amide bonds. The van der Waals surface area contributed by atoms with Crippen LogP contribution in [0.4, 0.5) is 5.69 Å². The van der Waals surface area contributed by atoms with E-state index in [2.05, 4.69) is 15.6 Å². The molecule has 0 aliphatic carbocycles. The predicted octanol–water partition coefficient (Wildman–Crippen LogP) is 3.26. The summed E-state index contributed by atoms with van der Waals surface area (Å²) < 4.78 is 28.0. The second-order valence-corrected chi connectivity index (χ2v) is 8.79. The summed E-state index contributed by atoms with van der Waals surface area (Å²) in [5, 5.41) is 6.39. The first-order chi connectivity index (χ1) is 12.3. The van der Waals surface area contributed by atoms with Gasteiger partial charge in [-0.3, -0.25) is 9.20 Å². The number of nitrogens with zero attached hydrogens (tertiary/aromatic N) is 1. The Morgan fingerprint density at radius 1 is 1.11 bits per heavy atom. The van der Waals surface area contributed by atoms with E-state index >= 15 is 0 Å². The number of aliphatic imine (C=N–C) groups is 1. The summed E-state index contributed by atoms with van der Waals surface area (Å²) in [7, 11) is 3.77. The van der Waals surface area contributed by atoms with Gasteiger partial charge in [-0.25, -0.2) is 0 Å². The number of anilines is 1. The molecule has 7 nitrogen and oxygen atoms in total. The van der Waals surface area contributed by atoms with Gasteiger partial charge >= 0.3 is 0 Å². The first-order valence-electron chi connectivity index (χ1n) is 8.50. The third-order valence-electron chi connectivity index (χ3n) is 3.50. The predicted molar refractivity (Wildman–Crippen MR) is 124 cm³/mol. The normalized spacial score (nSPS) is 12.6. The van der Waals surface area contributed by atoms with Crippen LogP contribution in [0.2, 0.25) is 0 Å². The Morgan fingerprint density at radius 3 is 2.07 bits per heavy atom. The van der Waals surface area contributed by atoms with Crippen LogP contribution in [-0.2, 0) is 10.8 Å². The molecule has 0 aliphatic rings. The molecular formula is C18H32IN3O4S. The molecule has 0 aliphatic heterocycles. The smallest absolute Gasteiger partial charge is 0.203 e. The molecule has 0 radical (unpaired) electrons. The van der Waals surface area contributed by atoms with E-state index in [-0.39, 0.29) is 28.7 Å². The van der Waals surface area contributed by atoms with Crippen LogP contribution in [0.5, 0.6) is 17.2 Å². The fourth-order valence-corrected chi connectivity index (χ4v) is 3.01. The van der Waals surface area contributed by atoms with E-state index in [0.29, 0.717) is 42.1 Å². The molecule has 0 fully saturated rings. The van der Waals surface area contributed by atoms with Crippen LogP contribution in [0, 0.1) is 0 Å². The average molecular weight is 513 g/mol. The minimum absolute atomic E-state index is 0. The van der Waals surface area contributed by atoms with Gasteiger partial charge in [-0.05, 0) is 27.7 Å². The quantitative estimate of drug-likeness (QED) is 0.316. The number of guanidine groups is 1. The zero-order chi connectivity index (χ0) is 19.7. The van der Waals surface area contributed by atoms with E-state index in [4.69, 9.17) is 14.2 Å². The zero-order valence-corrected chi connectivity index (χ0v) is 20.3. The number of nitrogens with one attached hydrogen (secondary N) is 2. The summed E-state index contributed by atoms with van der Waals surface area (Å²) in [5.41, 5.74) is 0.746. The second-order valence-electron chi connectivity index (χ2n) is 6.46. The first kappa shape index (κ1) is 25.8. The summed E-state index contributed by atoms with van der Waals surface area (Å²) in [5.74, 6) is 2.75. The van der Waals surface area contributed by atoms with E-state index in [1.54, 1.807) is 21.3 Å². The number of benzene rings is 1. The molecule has 1 aromatic carbocycles. The lowest BCUT2D eigenvalue weighted by Gasteiger charge is -2.18. The van der Waals surface area contributed by atoms with Crippen LogP contribution in [-0.4, -0.2) is 55.1 Å². The van der Waals surface area contributed by atoms with E-state index < -0.39 is 10.8 Å². The van der Waals surface area contributed by atoms with Crippen LogP contribution in [0.15, 0.2) is 17.1 Å². The van der Waals surface area contributed by atoms with Gasteiger partial charge in [-0.1, -0.05) is 0 Å². The Hall–Kier alpha value is -1.23. The van der Waals surface area contributed by atoms with Crippen LogP contribution < -0.4 is 24.8 Å². The van der Waals surface area contributed by atoms with Gasteiger partial charge in [0.1, 0.15) is 0 Å². The van der Waals surface area contributed by atoms with Gasteiger partial charge in [0.25, 0.3) is 0 Å². The Morgan fingerprint density at radius 2 is 1.67 bits per heavy atom. The molecule has 0 saturated carbocycles. The van der Waals surface area contributed by atoms with Crippen LogP contribution >= 0.6 is 24.0 Å². The van der Waals surface area contributed by atoms with Crippen LogP contribution in [0.1, 0.15) is 27.7 Å². The van der Waals surface area contributed by atoms with Gasteiger partial charge in [-0.2, -0.15) is 0 Å². The van der Waals surface area contributed by atoms with Crippen molar-refractivity contribution in [3.8, 4) is 17.2 Å².